The minimum atomic E-state index is -0.569. The molecule has 1 saturated heterocycles. The van der Waals surface area contributed by atoms with Crippen molar-refractivity contribution in [2.45, 2.75) is 12.5 Å². The zero-order valence-electron chi connectivity index (χ0n) is 13.7. The van der Waals surface area contributed by atoms with Crippen LogP contribution in [0.2, 0.25) is 5.02 Å². The van der Waals surface area contributed by atoms with Gasteiger partial charge in [0.05, 0.1) is 10.6 Å². The number of nitrogens with zero attached hydrogens (tertiary/aromatic N) is 3. The Kier molecular flexibility index (Phi) is 6.87. The average molecular weight is 361 g/mol. The number of pyridine rings is 1. The molecule has 2 heterocycles. The fraction of sp³-hybridized carbons (Fsp3) is 0.278. The molecule has 1 aromatic carbocycles. The highest BCUT2D eigenvalue weighted by Crippen LogP contribution is 2.25. The Morgan fingerprint density at radius 1 is 1.44 bits per heavy atom. The molecule has 3 rings (SSSR count). The number of hydrogen-bond donors (Lipinski definition) is 1. The lowest BCUT2D eigenvalue weighted by Gasteiger charge is -2.19. The summed E-state index contributed by atoms with van der Waals surface area (Å²) in [4.78, 5) is 15.5. The molecule has 130 valence electrons. The van der Waals surface area contributed by atoms with E-state index in [-0.39, 0.29) is 0 Å². The second-order valence-electron chi connectivity index (χ2n) is 5.53. The number of benzene rings is 1. The Morgan fingerprint density at radius 2 is 2.24 bits per heavy atom. The van der Waals surface area contributed by atoms with Crippen LogP contribution < -0.4 is 10.2 Å². The molecule has 0 amide bonds. The number of anilines is 1. The number of halogens is 2. The first-order chi connectivity index (χ1) is 12.1. The number of likely N-dealkylation sites (N-methyl/N-ethyl adjacent to an activating group) is 1. The van der Waals surface area contributed by atoms with Crippen LogP contribution in [-0.4, -0.2) is 37.4 Å². The van der Waals surface area contributed by atoms with Crippen LogP contribution in [0.5, 0.6) is 0 Å². The molecule has 0 saturated carbocycles. The van der Waals surface area contributed by atoms with Gasteiger partial charge in [-0.1, -0.05) is 11.6 Å². The summed E-state index contributed by atoms with van der Waals surface area (Å²) in [6, 6.07) is 10.7. The number of aromatic nitrogens is 1. The minimum Gasteiger partial charge on any atom is -0.370 e. The summed E-state index contributed by atoms with van der Waals surface area (Å²) in [5.74, 6) is -0.569. The Balaban J connectivity index is 0.000000212. The van der Waals surface area contributed by atoms with E-state index in [0.29, 0.717) is 28.5 Å². The minimum absolute atomic E-state index is 0.386. The molecule has 0 unspecified atom stereocenters. The number of carbonyl (C=O) groups excluding carboxylic acids is 1. The molecule has 0 radical (unpaired) electrons. The SMILES string of the molecule is CN[C@@H]1CCN(c2ccc(C#N)c(Cl)c2)C1.O=Cc1ccc(F)nc1. The van der Waals surface area contributed by atoms with Crippen molar-refractivity contribution < 1.29 is 9.18 Å². The van der Waals surface area contributed by atoms with Crippen molar-refractivity contribution >= 4 is 23.6 Å². The molecule has 0 bridgehead atoms. The van der Waals surface area contributed by atoms with Gasteiger partial charge in [0.15, 0.2) is 6.29 Å². The van der Waals surface area contributed by atoms with Crippen molar-refractivity contribution in [1.29, 1.82) is 5.26 Å². The van der Waals surface area contributed by atoms with Gasteiger partial charge in [-0.05, 0) is 43.8 Å². The molecule has 1 atom stereocenters. The molecular formula is C18H18ClFN4O. The van der Waals surface area contributed by atoms with E-state index in [1.807, 2.05) is 19.2 Å². The lowest BCUT2D eigenvalue weighted by Crippen LogP contribution is -2.29. The number of hydrogen-bond acceptors (Lipinski definition) is 5. The number of nitriles is 1. The van der Waals surface area contributed by atoms with E-state index in [4.69, 9.17) is 16.9 Å². The summed E-state index contributed by atoms with van der Waals surface area (Å²) < 4.78 is 12.0. The summed E-state index contributed by atoms with van der Waals surface area (Å²) in [7, 11) is 1.99. The maximum atomic E-state index is 12.0. The highest BCUT2D eigenvalue weighted by atomic mass is 35.5. The van der Waals surface area contributed by atoms with E-state index in [1.54, 1.807) is 6.07 Å². The van der Waals surface area contributed by atoms with Crippen molar-refractivity contribution in [3.8, 4) is 6.07 Å². The first-order valence-corrected chi connectivity index (χ1v) is 8.13. The molecule has 25 heavy (non-hydrogen) atoms. The molecule has 1 aliphatic heterocycles. The van der Waals surface area contributed by atoms with Crippen LogP contribution in [0.25, 0.3) is 0 Å². The topological polar surface area (TPSA) is 69.0 Å². The Hall–Kier alpha value is -2.49. The summed E-state index contributed by atoms with van der Waals surface area (Å²) in [6.07, 6.45) is 2.95. The average Bonchev–Trinajstić information content (AvgIpc) is 3.12. The first-order valence-electron chi connectivity index (χ1n) is 7.76. The predicted molar refractivity (Wildman–Crippen MR) is 95.4 cm³/mol. The van der Waals surface area contributed by atoms with E-state index in [1.165, 1.54) is 12.3 Å². The molecule has 1 aliphatic rings. The second-order valence-corrected chi connectivity index (χ2v) is 5.94. The third kappa shape index (κ3) is 5.24. The zero-order valence-corrected chi connectivity index (χ0v) is 14.5. The van der Waals surface area contributed by atoms with Crippen LogP contribution in [0.4, 0.5) is 10.1 Å². The van der Waals surface area contributed by atoms with Crippen molar-refractivity contribution in [2.75, 3.05) is 25.0 Å². The second kappa shape index (κ2) is 9.11. The number of carbonyl (C=O) groups is 1. The molecule has 1 N–H and O–H groups in total. The van der Waals surface area contributed by atoms with Crippen molar-refractivity contribution in [1.82, 2.24) is 10.3 Å². The maximum absolute atomic E-state index is 12.0. The third-order valence-corrected chi connectivity index (χ3v) is 4.23. The Bertz CT molecular complexity index is 761. The number of nitrogens with one attached hydrogen (secondary N) is 1. The fourth-order valence-electron chi connectivity index (χ4n) is 2.48. The highest BCUT2D eigenvalue weighted by Gasteiger charge is 2.21. The molecule has 7 heteroatoms. The predicted octanol–water partition coefficient (Wildman–Crippen LogP) is 3.04. The van der Waals surface area contributed by atoms with Gasteiger partial charge in [-0.25, -0.2) is 4.98 Å². The molecule has 5 nitrogen and oxygen atoms in total. The first kappa shape index (κ1) is 18.8. The summed E-state index contributed by atoms with van der Waals surface area (Å²) in [5, 5.41) is 12.6. The molecular weight excluding hydrogens is 343 g/mol. The molecule has 2 aromatic rings. The van der Waals surface area contributed by atoms with Crippen LogP contribution in [0, 0.1) is 17.3 Å². The van der Waals surface area contributed by atoms with Crippen molar-refractivity contribution in [2.24, 2.45) is 0 Å². The van der Waals surface area contributed by atoms with Crippen molar-refractivity contribution in [3.63, 3.8) is 0 Å². The van der Waals surface area contributed by atoms with Gasteiger partial charge in [0.2, 0.25) is 5.95 Å². The van der Waals surface area contributed by atoms with Crippen LogP contribution >= 0.6 is 11.6 Å². The fourth-order valence-corrected chi connectivity index (χ4v) is 2.70. The number of aldehydes is 1. The molecule has 0 aliphatic carbocycles. The van der Waals surface area contributed by atoms with Crippen molar-refractivity contribution in [3.05, 3.63) is 58.6 Å². The summed E-state index contributed by atoms with van der Waals surface area (Å²) in [6.45, 7) is 2.03. The van der Waals surface area contributed by atoms with Gasteiger partial charge in [-0.2, -0.15) is 9.65 Å². The smallest absolute Gasteiger partial charge is 0.212 e. The van der Waals surface area contributed by atoms with Gasteiger partial charge >= 0.3 is 0 Å². The molecule has 1 aromatic heterocycles. The Labute approximate surface area is 151 Å². The summed E-state index contributed by atoms with van der Waals surface area (Å²) in [5.41, 5.74) is 2.02. The lowest BCUT2D eigenvalue weighted by atomic mass is 10.2. The van der Waals surface area contributed by atoms with Gasteiger partial charge in [0.25, 0.3) is 0 Å². The lowest BCUT2D eigenvalue weighted by molar-refractivity contribution is 0.112. The van der Waals surface area contributed by atoms with Gasteiger partial charge in [0, 0.05) is 36.6 Å². The monoisotopic (exact) mass is 360 g/mol. The normalized spacial score (nSPS) is 15.9. The maximum Gasteiger partial charge on any atom is 0.212 e. The highest BCUT2D eigenvalue weighted by molar-refractivity contribution is 6.32. The van der Waals surface area contributed by atoms with Crippen LogP contribution in [0.1, 0.15) is 22.3 Å². The van der Waals surface area contributed by atoms with Gasteiger partial charge in [0.1, 0.15) is 6.07 Å². The standard InChI is InChI=1S/C12H14ClN3.C6H4FNO/c1-15-10-4-5-16(8-10)11-3-2-9(7-14)12(13)6-11;7-6-2-1-5(4-9)3-8-6/h2-3,6,10,15H,4-5,8H2,1H3;1-4H/t10-;/m1./s1. The summed E-state index contributed by atoms with van der Waals surface area (Å²) >= 11 is 6.01. The number of rotatable bonds is 3. The van der Waals surface area contributed by atoms with E-state index in [2.05, 4.69) is 21.3 Å². The largest absolute Gasteiger partial charge is 0.370 e. The van der Waals surface area contributed by atoms with Crippen LogP contribution in [0.15, 0.2) is 36.5 Å². The Morgan fingerprint density at radius 3 is 2.76 bits per heavy atom. The van der Waals surface area contributed by atoms with E-state index >= 15 is 0 Å². The van der Waals surface area contributed by atoms with E-state index in [9.17, 15) is 9.18 Å². The van der Waals surface area contributed by atoms with Gasteiger partial charge < -0.3 is 10.2 Å². The molecule has 1 fully saturated rings. The quantitative estimate of drug-likeness (QED) is 0.673. The van der Waals surface area contributed by atoms with Crippen LogP contribution in [0.3, 0.4) is 0 Å². The molecule has 0 spiro atoms. The zero-order chi connectivity index (χ0) is 18.2. The third-order valence-electron chi connectivity index (χ3n) is 3.92. The van der Waals surface area contributed by atoms with E-state index < -0.39 is 5.95 Å². The van der Waals surface area contributed by atoms with Gasteiger partial charge in [-0.15, -0.1) is 0 Å². The van der Waals surface area contributed by atoms with Gasteiger partial charge in [-0.3, -0.25) is 4.79 Å². The van der Waals surface area contributed by atoms with E-state index in [0.717, 1.165) is 31.3 Å². The van der Waals surface area contributed by atoms with Crippen LogP contribution in [-0.2, 0) is 0 Å².